The lowest BCUT2D eigenvalue weighted by Crippen LogP contribution is -2.43. The van der Waals surface area contributed by atoms with Crippen molar-refractivity contribution >= 4 is 11.9 Å². The lowest BCUT2D eigenvalue weighted by Gasteiger charge is -2.35. The first-order chi connectivity index (χ1) is 9.65. The van der Waals surface area contributed by atoms with E-state index in [-0.39, 0.29) is 18.4 Å². The molecule has 0 aromatic rings. The molecule has 5 heteroatoms. The van der Waals surface area contributed by atoms with E-state index in [1.54, 1.807) is 6.08 Å². The Labute approximate surface area is 120 Å². The maximum Gasteiger partial charge on any atom is 0.303 e. The summed E-state index contributed by atoms with van der Waals surface area (Å²) in [7, 11) is 0. The molecule has 1 unspecified atom stereocenters. The predicted molar refractivity (Wildman–Crippen MR) is 76.5 cm³/mol. The highest BCUT2D eigenvalue weighted by atomic mass is 16.5. The van der Waals surface area contributed by atoms with Gasteiger partial charge in [-0.15, -0.1) is 6.58 Å². The third-order valence-electron chi connectivity index (χ3n) is 3.55. The number of hydrogen-bond acceptors (Lipinski definition) is 3. The fourth-order valence-corrected chi connectivity index (χ4v) is 2.55. The number of carbonyl (C=O) groups is 2. The summed E-state index contributed by atoms with van der Waals surface area (Å²) in [6.07, 6.45) is 6.58. The van der Waals surface area contributed by atoms with Gasteiger partial charge >= 0.3 is 5.97 Å². The maximum absolute atomic E-state index is 12.2. The van der Waals surface area contributed by atoms with Crippen LogP contribution in [0, 0.1) is 0 Å². The zero-order chi connectivity index (χ0) is 14.8. The number of likely N-dealkylation sites (tertiary alicyclic amines) is 1. The van der Waals surface area contributed by atoms with Gasteiger partial charge in [-0.3, -0.25) is 9.59 Å². The summed E-state index contributed by atoms with van der Waals surface area (Å²) in [5.41, 5.74) is 0. The Morgan fingerprint density at radius 3 is 2.85 bits per heavy atom. The molecule has 5 nitrogen and oxygen atoms in total. The second-order valence-electron chi connectivity index (χ2n) is 5.14. The van der Waals surface area contributed by atoms with E-state index in [4.69, 9.17) is 9.84 Å². The van der Waals surface area contributed by atoms with Crippen LogP contribution in [0.25, 0.3) is 0 Å². The van der Waals surface area contributed by atoms with Crippen molar-refractivity contribution in [1.29, 1.82) is 0 Å². The first-order valence-corrected chi connectivity index (χ1v) is 7.35. The van der Waals surface area contributed by atoms with Gasteiger partial charge in [0.1, 0.15) is 0 Å². The molecule has 0 radical (unpaired) electrons. The molecule has 114 valence electrons. The predicted octanol–water partition coefficient (Wildman–Crippen LogP) is 2.22. The highest BCUT2D eigenvalue weighted by Gasteiger charge is 2.26. The minimum absolute atomic E-state index is 0.0986. The third-order valence-corrected chi connectivity index (χ3v) is 3.55. The minimum atomic E-state index is -0.791. The minimum Gasteiger partial charge on any atom is -0.481 e. The van der Waals surface area contributed by atoms with E-state index < -0.39 is 5.97 Å². The topological polar surface area (TPSA) is 66.8 Å². The van der Waals surface area contributed by atoms with Crippen molar-refractivity contribution < 1.29 is 19.4 Å². The molecule has 20 heavy (non-hydrogen) atoms. The summed E-state index contributed by atoms with van der Waals surface area (Å²) in [6, 6.07) is 0.0986. The molecular formula is C15H25NO4. The monoisotopic (exact) mass is 283 g/mol. The SMILES string of the molecule is C=CCOCCCC(=O)N1CCCCC1CCC(=O)O. The number of hydrogen-bond donors (Lipinski definition) is 1. The van der Waals surface area contributed by atoms with Gasteiger partial charge in [0, 0.05) is 32.0 Å². The molecule has 0 aliphatic carbocycles. The molecule has 0 aromatic heterocycles. The van der Waals surface area contributed by atoms with Gasteiger partial charge < -0.3 is 14.7 Å². The van der Waals surface area contributed by atoms with Crippen LogP contribution in [-0.4, -0.2) is 47.7 Å². The van der Waals surface area contributed by atoms with Crippen LogP contribution in [0.3, 0.4) is 0 Å². The van der Waals surface area contributed by atoms with Gasteiger partial charge in [-0.2, -0.15) is 0 Å². The number of ether oxygens (including phenoxy) is 1. The van der Waals surface area contributed by atoms with Gasteiger partial charge in [0.05, 0.1) is 6.61 Å². The summed E-state index contributed by atoms with van der Waals surface area (Å²) >= 11 is 0. The number of carboxylic acid groups (broad SMARTS) is 1. The first kappa shape index (κ1) is 16.7. The van der Waals surface area contributed by atoms with E-state index in [9.17, 15) is 9.59 Å². The van der Waals surface area contributed by atoms with E-state index in [1.807, 2.05) is 4.90 Å². The lowest BCUT2D eigenvalue weighted by atomic mass is 9.97. The third kappa shape index (κ3) is 6.19. The molecule has 0 aromatic carbocycles. The van der Waals surface area contributed by atoms with Crippen molar-refractivity contribution in [1.82, 2.24) is 4.90 Å². The fraction of sp³-hybridized carbons (Fsp3) is 0.733. The molecule has 0 spiro atoms. The first-order valence-electron chi connectivity index (χ1n) is 7.35. The van der Waals surface area contributed by atoms with Crippen molar-refractivity contribution in [3.05, 3.63) is 12.7 Å². The Morgan fingerprint density at radius 2 is 2.15 bits per heavy atom. The Hall–Kier alpha value is -1.36. The van der Waals surface area contributed by atoms with Crippen molar-refractivity contribution in [3.8, 4) is 0 Å². The largest absolute Gasteiger partial charge is 0.481 e. The number of carboxylic acids is 1. The second-order valence-corrected chi connectivity index (χ2v) is 5.14. The van der Waals surface area contributed by atoms with Crippen LogP contribution in [0.4, 0.5) is 0 Å². The molecule has 1 rings (SSSR count). The van der Waals surface area contributed by atoms with Gasteiger partial charge in [0.2, 0.25) is 5.91 Å². The molecule has 1 atom stereocenters. The lowest BCUT2D eigenvalue weighted by molar-refractivity contribution is -0.140. The van der Waals surface area contributed by atoms with E-state index in [2.05, 4.69) is 6.58 Å². The van der Waals surface area contributed by atoms with Crippen molar-refractivity contribution in [2.75, 3.05) is 19.8 Å². The van der Waals surface area contributed by atoms with Crippen LogP contribution in [-0.2, 0) is 14.3 Å². The van der Waals surface area contributed by atoms with Gasteiger partial charge in [-0.1, -0.05) is 6.08 Å². The van der Waals surface area contributed by atoms with E-state index in [1.165, 1.54) is 0 Å². The van der Waals surface area contributed by atoms with Gasteiger partial charge in [0.25, 0.3) is 0 Å². The van der Waals surface area contributed by atoms with Crippen LogP contribution in [0.2, 0.25) is 0 Å². The zero-order valence-corrected chi connectivity index (χ0v) is 12.1. The Balaban J connectivity index is 2.33. The number of rotatable bonds is 9. The number of piperidine rings is 1. The molecule has 1 aliphatic heterocycles. The molecular weight excluding hydrogens is 258 g/mol. The quantitative estimate of drug-likeness (QED) is 0.520. The summed E-state index contributed by atoms with van der Waals surface area (Å²) in [6.45, 7) is 5.40. The number of aliphatic carboxylic acids is 1. The maximum atomic E-state index is 12.2. The zero-order valence-electron chi connectivity index (χ0n) is 12.1. The van der Waals surface area contributed by atoms with Crippen LogP contribution >= 0.6 is 0 Å². The van der Waals surface area contributed by atoms with E-state index >= 15 is 0 Å². The van der Waals surface area contributed by atoms with E-state index in [0.717, 1.165) is 25.8 Å². The average molecular weight is 283 g/mol. The van der Waals surface area contributed by atoms with E-state index in [0.29, 0.717) is 32.5 Å². The van der Waals surface area contributed by atoms with Crippen molar-refractivity contribution in [2.45, 2.75) is 51.0 Å². The number of amides is 1. The van der Waals surface area contributed by atoms with Crippen LogP contribution in [0.1, 0.15) is 44.9 Å². The van der Waals surface area contributed by atoms with Crippen molar-refractivity contribution in [2.24, 2.45) is 0 Å². The highest BCUT2D eigenvalue weighted by molar-refractivity contribution is 5.76. The van der Waals surface area contributed by atoms with Gasteiger partial charge in [-0.05, 0) is 32.1 Å². The summed E-state index contributed by atoms with van der Waals surface area (Å²) < 4.78 is 5.26. The summed E-state index contributed by atoms with van der Waals surface area (Å²) in [5, 5.41) is 8.76. The number of nitrogens with zero attached hydrogens (tertiary/aromatic N) is 1. The van der Waals surface area contributed by atoms with Crippen LogP contribution in [0.15, 0.2) is 12.7 Å². The molecule has 1 N–H and O–H groups in total. The van der Waals surface area contributed by atoms with Gasteiger partial charge in [-0.25, -0.2) is 0 Å². The summed E-state index contributed by atoms with van der Waals surface area (Å²) in [5.74, 6) is -0.664. The summed E-state index contributed by atoms with van der Waals surface area (Å²) in [4.78, 5) is 24.7. The van der Waals surface area contributed by atoms with Crippen LogP contribution < -0.4 is 0 Å². The average Bonchev–Trinajstić information content (AvgIpc) is 2.45. The molecule has 1 fully saturated rings. The normalized spacial score (nSPS) is 18.8. The van der Waals surface area contributed by atoms with Crippen LogP contribution in [0.5, 0.6) is 0 Å². The molecule has 1 amide bonds. The van der Waals surface area contributed by atoms with Gasteiger partial charge in [0.15, 0.2) is 0 Å². The Morgan fingerprint density at radius 1 is 1.35 bits per heavy atom. The Bertz CT molecular complexity index is 330. The fourth-order valence-electron chi connectivity index (χ4n) is 2.55. The second kappa shape index (κ2) is 9.53. The smallest absolute Gasteiger partial charge is 0.303 e. The molecule has 1 aliphatic rings. The molecule has 0 saturated carbocycles. The standard InChI is InChI=1S/C15H25NO4/c1-2-11-20-12-5-7-14(17)16-10-4-3-6-13(16)8-9-15(18)19/h2,13H,1,3-12H2,(H,18,19). The highest BCUT2D eigenvalue weighted by Crippen LogP contribution is 2.22. The number of carbonyl (C=O) groups excluding carboxylic acids is 1. The molecule has 1 saturated heterocycles. The van der Waals surface area contributed by atoms with Crippen molar-refractivity contribution in [3.63, 3.8) is 0 Å². The Kier molecular flexibility index (Phi) is 7.95. The molecule has 1 heterocycles. The molecule has 0 bridgehead atoms.